The van der Waals surface area contributed by atoms with Crippen molar-refractivity contribution in [3.05, 3.63) is 35.9 Å². The average molecular weight is 285 g/mol. The van der Waals surface area contributed by atoms with Gasteiger partial charge in [0.25, 0.3) is 0 Å². The van der Waals surface area contributed by atoms with Crippen LogP contribution in [0.3, 0.4) is 0 Å². The highest BCUT2D eigenvalue weighted by Gasteiger charge is 2.06. The third kappa shape index (κ3) is 4.71. The third-order valence-electron chi connectivity index (χ3n) is 3.36. The number of aromatic nitrogens is 1. The van der Waals surface area contributed by atoms with Gasteiger partial charge >= 0.3 is 0 Å². The minimum Gasteiger partial charge on any atom is -0.370 e. The Kier molecular flexibility index (Phi) is 5.57. The highest BCUT2D eigenvalue weighted by atomic mass is 15.0. The second-order valence-electron chi connectivity index (χ2n) is 6.48. The molecule has 0 unspecified atom stereocenters. The summed E-state index contributed by atoms with van der Waals surface area (Å²) < 4.78 is 0. The van der Waals surface area contributed by atoms with Crippen molar-refractivity contribution in [1.29, 1.82) is 0 Å². The molecule has 0 aliphatic rings. The first kappa shape index (κ1) is 15.8. The van der Waals surface area contributed by atoms with E-state index in [-0.39, 0.29) is 0 Å². The number of nitrogens with one attached hydrogen (secondary N) is 2. The maximum Gasteiger partial charge on any atom is 0.126 e. The summed E-state index contributed by atoms with van der Waals surface area (Å²) in [5.74, 6) is 2.25. The van der Waals surface area contributed by atoms with Gasteiger partial charge in [-0.1, -0.05) is 45.9 Å². The van der Waals surface area contributed by atoms with Gasteiger partial charge in [0, 0.05) is 18.5 Å². The molecule has 0 aliphatic heterocycles. The maximum absolute atomic E-state index is 4.71. The van der Waals surface area contributed by atoms with Crippen molar-refractivity contribution < 1.29 is 0 Å². The van der Waals surface area contributed by atoms with Crippen LogP contribution >= 0.6 is 0 Å². The Morgan fingerprint density at radius 3 is 2.43 bits per heavy atom. The highest BCUT2D eigenvalue weighted by molar-refractivity contribution is 5.84. The zero-order valence-electron chi connectivity index (χ0n) is 13.6. The molecule has 2 N–H and O–H groups in total. The average Bonchev–Trinajstić information content (AvgIpc) is 2.44. The van der Waals surface area contributed by atoms with Gasteiger partial charge in [0.1, 0.15) is 5.82 Å². The van der Waals surface area contributed by atoms with E-state index in [0.717, 1.165) is 31.0 Å². The molecule has 3 nitrogen and oxygen atoms in total. The number of fused-ring (bicyclic) bond motifs is 1. The van der Waals surface area contributed by atoms with Crippen LogP contribution in [0, 0.1) is 11.8 Å². The molecule has 2 aromatic rings. The molecule has 0 bridgehead atoms. The molecule has 1 aromatic heterocycles. The van der Waals surface area contributed by atoms with Gasteiger partial charge < -0.3 is 10.6 Å². The number of hydrogen-bond donors (Lipinski definition) is 2. The maximum atomic E-state index is 4.71. The lowest BCUT2D eigenvalue weighted by molar-refractivity contribution is 0.553. The SMILES string of the molecule is CC(C)CNCc1cc(NCC(C)C)nc2ccccc12. The lowest BCUT2D eigenvalue weighted by Crippen LogP contribution is -2.19. The van der Waals surface area contributed by atoms with E-state index in [4.69, 9.17) is 4.98 Å². The molecule has 3 heteroatoms. The van der Waals surface area contributed by atoms with E-state index in [9.17, 15) is 0 Å². The fraction of sp³-hybridized carbons (Fsp3) is 0.500. The van der Waals surface area contributed by atoms with Crippen LogP contribution in [0.25, 0.3) is 10.9 Å². The topological polar surface area (TPSA) is 37.0 Å². The van der Waals surface area contributed by atoms with Crippen molar-refractivity contribution in [2.24, 2.45) is 11.8 Å². The minimum atomic E-state index is 0.612. The molecule has 2 rings (SSSR count). The Morgan fingerprint density at radius 1 is 1.00 bits per heavy atom. The molecule has 0 fully saturated rings. The lowest BCUT2D eigenvalue weighted by atomic mass is 10.1. The summed E-state index contributed by atoms with van der Waals surface area (Å²) in [5.41, 5.74) is 2.38. The van der Waals surface area contributed by atoms with Crippen LogP contribution < -0.4 is 10.6 Å². The van der Waals surface area contributed by atoms with Gasteiger partial charge in [-0.2, -0.15) is 0 Å². The number of nitrogens with zero attached hydrogens (tertiary/aromatic N) is 1. The van der Waals surface area contributed by atoms with Crippen LogP contribution in [0.5, 0.6) is 0 Å². The van der Waals surface area contributed by atoms with E-state index in [2.05, 4.69) is 62.6 Å². The van der Waals surface area contributed by atoms with Crippen molar-refractivity contribution in [2.45, 2.75) is 34.2 Å². The second kappa shape index (κ2) is 7.41. The van der Waals surface area contributed by atoms with Gasteiger partial charge in [-0.15, -0.1) is 0 Å². The van der Waals surface area contributed by atoms with Crippen LogP contribution in [0.2, 0.25) is 0 Å². The van der Waals surface area contributed by atoms with Gasteiger partial charge in [-0.3, -0.25) is 0 Å². The quantitative estimate of drug-likeness (QED) is 0.806. The molecular weight excluding hydrogens is 258 g/mol. The van der Waals surface area contributed by atoms with Crippen LogP contribution in [0.1, 0.15) is 33.3 Å². The van der Waals surface area contributed by atoms with Crippen LogP contribution in [0.4, 0.5) is 5.82 Å². The van der Waals surface area contributed by atoms with Gasteiger partial charge in [-0.25, -0.2) is 4.98 Å². The highest BCUT2D eigenvalue weighted by Crippen LogP contribution is 2.21. The smallest absolute Gasteiger partial charge is 0.126 e. The molecule has 0 spiro atoms. The Labute approximate surface area is 128 Å². The molecule has 0 saturated carbocycles. The monoisotopic (exact) mass is 285 g/mol. The van der Waals surface area contributed by atoms with Crippen molar-refractivity contribution in [2.75, 3.05) is 18.4 Å². The third-order valence-corrected chi connectivity index (χ3v) is 3.36. The first-order valence-electron chi connectivity index (χ1n) is 7.89. The molecule has 0 atom stereocenters. The number of anilines is 1. The molecule has 0 radical (unpaired) electrons. The minimum absolute atomic E-state index is 0.612. The Bertz CT molecular complexity index is 576. The van der Waals surface area contributed by atoms with Crippen molar-refractivity contribution in [3.63, 3.8) is 0 Å². The number of benzene rings is 1. The van der Waals surface area contributed by atoms with Crippen molar-refractivity contribution in [1.82, 2.24) is 10.3 Å². The van der Waals surface area contributed by atoms with E-state index in [1.54, 1.807) is 0 Å². The van der Waals surface area contributed by atoms with Crippen LogP contribution in [0.15, 0.2) is 30.3 Å². The molecule has 0 amide bonds. The zero-order valence-corrected chi connectivity index (χ0v) is 13.6. The molecule has 114 valence electrons. The molecule has 1 aromatic carbocycles. The summed E-state index contributed by atoms with van der Waals surface area (Å²) in [4.78, 5) is 4.71. The summed E-state index contributed by atoms with van der Waals surface area (Å²) in [6, 6.07) is 10.5. The standard InChI is InChI=1S/C18H27N3/c1-13(2)10-19-12-15-9-18(20-11-14(3)4)21-17-8-6-5-7-16(15)17/h5-9,13-14,19H,10-12H2,1-4H3,(H,20,21). The fourth-order valence-electron chi connectivity index (χ4n) is 2.29. The zero-order chi connectivity index (χ0) is 15.2. The van der Waals surface area contributed by atoms with Gasteiger partial charge in [-0.05, 0) is 36.1 Å². The lowest BCUT2D eigenvalue weighted by Gasteiger charge is -2.14. The second-order valence-corrected chi connectivity index (χ2v) is 6.48. The van der Waals surface area contributed by atoms with E-state index in [1.807, 2.05) is 6.07 Å². The Hall–Kier alpha value is -1.61. The summed E-state index contributed by atoms with van der Waals surface area (Å²) in [6.07, 6.45) is 0. The summed E-state index contributed by atoms with van der Waals surface area (Å²) in [5, 5.41) is 8.21. The van der Waals surface area contributed by atoms with Crippen molar-refractivity contribution in [3.8, 4) is 0 Å². The number of pyridine rings is 1. The van der Waals surface area contributed by atoms with E-state index in [0.29, 0.717) is 11.8 Å². The summed E-state index contributed by atoms with van der Waals surface area (Å²) in [6.45, 7) is 11.7. The predicted molar refractivity (Wildman–Crippen MR) is 91.6 cm³/mol. The number of rotatable bonds is 7. The Balaban J connectivity index is 2.22. The first-order valence-corrected chi connectivity index (χ1v) is 7.89. The molecule has 1 heterocycles. The van der Waals surface area contributed by atoms with E-state index in [1.165, 1.54) is 10.9 Å². The first-order chi connectivity index (χ1) is 10.1. The number of para-hydroxylation sites is 1. The summed E-state index contributed by atoms with van der Waals surface area (Å²) >= 11 is 0. The van der Waals surface area contributed by atoms with Crippen molar-refractivity contribution >= 4 is 16.7 Å². The van der Waals surface area contributed by atoms with Gasteiger partial charge in [0.05, 0.1) is 5.52 Å². The molecule has 21 heavy (non-hydrogen) atoms. The predicted octanol–water partition coefficient (Wildman–Crippen LogP) is 4.05. The van der Waals surface area contributed by atoms with Gasteiger partial charge in [0.15, 0.2) is 0 Å². The normalized spacial score (nSPS) is 11.5. The van der Waals surface area contributed by atoms with E-state index >= 15 is 0 Å². The molecule has 0 saturated heterocycles. The number of hydrogen-bond acceptors (Lipinski definition) is 3. The largest absolute Gasteiger partial charge is 0.370 e. The van der Waals surface area contributed by atoms with Crippen LogP contribution in [-0.2, 0) is 6.54 Å². The van der Waals surface area contributed by atoms with Crippen LogP contribution in [-0.4, -0.2) is 18.1 Å². The Morgan fingerprint density at radius 2 is 1.71 bits per heavy atom. The van der Waals surface area contributed by atoms with E-state index < -0.39 is 0 Å². The molecule has 0 aliphatic carbocycles. The fourth-order valence-corrected chi connectivity index (χ4v) is 2.29. The summed E-state index contributed by atoms with van der Waals surface area (Å²) in [7, 11) is 0. The van der Waals surface area contributed by atoms with Gasteiger partial charge in [0.2, 0.25) is 0 Å². The molecular formula is C18H27N3.